The van der Waals surface area contributed by atoms with Crippen LogP contribution in [0.1, 0.15) is 32.1 Å². The van der Waals surface area contributed by atoms with E-state index in [1.54, 1.807) is 6.08 Å². The molecule has 6 heteroatoms. The molecule has 0 radical (unpaired) electrons. The molecule has 1 saturated heterocycles. The van der Waals surface area contributed by atoms with Gasteiger partial charge in [0.25, 0.3) is 0 Å². The fourth-order valence-corrected chi connectivity index (χ4v) is 2.93. The predicted octanol–water partition coefficient (Wildman–Crippen LogP) is 0.782. The van der Waals surface area contributed by atoms with Crippen molar-refractivity contribution in [1.29, 1.82) is 0 Å². The van der Waals surface area contributed by atoms with E-state index in [2.05, 4.69) is 5.32 Å². The van der Waals surface area contributed by atoms with Crippen molar-refractivity contribution in [1.82, 2.24) is 10.2 Å². The van der Waals surface area contributed by atoms with Gasteiger partial charge >= 0.3 is 5.97 Å². The van der Waals surface area contributed by atoms with Crippen LogP contribution >= 0.6 is 0 Å². The summed E-state index contributed by atoms with van der Waals surface area (Å²) in [5.74, 6) is -2.33. The normalized spacial score (nSPS) is 24.9. The lowest BCUT2D eigenvalue weighted by Crippen LogP contribution is -2.40. The lowest BCUT2D eigenvalue weighted by Gasteiger charge is -2.24. The number of likely N-dealkylation sites (tertiary alicyclic amines) is 1. The summed E-state index contributed by atoms with van der Waals surface area (Å²) < 4.78 is 0. The average molecular weight is 294 g/mol. The van der Waals surface area contributed by atoms with Gasteiger partial charge in [0.2, 0.25) is 11.8 Å². The molecule has 2 atom stereocenters. The summed E-state index contributed by atoms with van der Waals surface area (Å²) in [6.45, 7) is 1.89. The van der Waals surface area contributed by atoms with Crippen LogP contribution in [0.15, 0.2) is 12.2 Å². The van der Waals surface area contributed by atoms with Gasteiger partial charge < -0.3 is 15.3 Å². The highest BCUT2D eigenvalue weighted by molar-refractivity contribution is 5.85. The summed E-state index contributed by atoms with van der Waals surface area (Å²) in [7, 11) is 0. The van der Waals surface area contributed by atoms with Gasteiger partial charge in [0.05, 0.1) is 11.8 Å². The van der Waals surface area contributed by atoms with Gasteiger partial charge in [-0.1, -0.05) is 12.2 Å². The number of nitrogens with zero attached hydrogens (tertiary/aromatic N) is 1. The summed E-state index contributed by atoms with van der Waals surface area (Å²) in [6.07, 6.45) is 6.87. The number of allylic oxidation sites excluding steroid dienone is 2. The first-order chi connectivity index (χ1) is 10.1. The van der Waals surface area contributed by atoms with E-state index in [0.717, 1.165) is 25.9 Å². The van der Waals surface area contributed by atoms with Crippen molar-refractivity contribution in [3.8, 4) is 0 Å². The van der Waals surface area contributed by atoms with Crippen LogP contribution in [0.25, 0.3) is 0 Å². The minimum absolute atomic E-state index is 0.0612. The molecule has 1 aliphatic carbocycles. The second-order valence-electron chi connectivity index (χ2n) is 5.62. The monoisotopic (exact) mass is 294 g/mol. The largest absolute Gasteiger partial charge is 0.481 e. The zero-order chi connectivity index (χ0) is 15.2. The second kappa shape index (κ2) is 7.24. The first-order valence-corrected chi connectivity index (χ1v) is 7.53. The molecule has 2 amide bonds. The predicted molar refractivity (Wildman–Crippen MR) is 76.4 cm³/mol. The Morgan fingerprint density at radius 1 is 1.10 bits per heavy atom. The van der Waals surface area contributed by atoms with Gasteiger partial charge in [0, 0.05) is 26.1 Å². The molecule has 2 unspecified atom stereocenters. The van der Waals surface area contributed by atoms with Crippen LogP contribution in [0.2, 0.25) is 0 Å². The molecular formula is C15H22N2O4. The van der Waals surface area contributed by atoms with Gasteiger partial charge in [-0.25, -0.2) is 0 Å². The number of aliphatic carboxylic acids is 1. The highest BCUT2D eigenvalue weighted by Gasteiger charge is 2.33. The molecule has 1 fully saturated rings. The van der Waals surface area contributed by atoms with Crippen LogP contribution in [0.5, 0.6) is 0 Å². The van der Waals surface area contributed by atoms with Gasteiger partial charge in [0.1, 0.15) is 0 Å². The van der Waals surface area contributed by atoms with E-state index < -0.39 is 17.8 Å². The third-order valence-electron chi connectivity index (χ3n) is 4.18. The van der Waals surface area contributed by atoms with Gasteiger partial charge in [-0.2, -0.15) is 0 Å². The molecular weight excluding hydrogens is 272 g/mol. The molecule has 1 aliphatic heterocycles. The number of rotatable bonds is 5. The molecule has 0 bridgehead atoms. The van der Waals surface area contributed by atoms with Gasteiger partial charge in [-0.15, -0.1) is 0 Å². The molecule has 0 saturated carbocycles. The molecule has 2 N–H and O–H groups in total. The molecule has 0 aromatic heterocycles. The average Bonchev–Trinajstić information content (AvgIpc) is 3.01. The van der Waals surface area contributed by atoms with Crippen LogP contribution < -0.4 is 5.32 Å². The maximum atomic E-state index is 12.1. The van der Waals surface area contributed by atoms with Crippen LogP contribution in [0.4, 0.5) is 0 Å². The standard InChI is InChI=1S/C15H22N2O4/c18-13(17-9-3-4-10-17)7-8-16-14(19)11-5-1-2-6-12(11)15(20)21/h1-2,11-12H,3-10H2,(H,16,19)(H,20,21). The summed E-state index contributed by atoms with van der Waals surface area (Å²) in [5.41, 5.74) is 0. The van der Waals surface area contributed by atoms with Crippen molar-refractivity contribution in [3.05, 3.63) is 12.2 Å². The Kier molecular flexibility index (Phi) is 5.36. The smallest absolute Gasteiger partial charge is 0.307 e. The second-order valence-corrected chi connectivity index (χ2v) is 5.62. The molecule has 2 rings (SSSR count). The lowest BCUT2D eigenvalue weighted by molar-refractivity contribution is -0.147. The molecule has 6 nitrogen and oxygen atoms in total. The first-order valence-electron chi connectivity index (χ1n) is 7.53. The van der Waals surface area contributed by atoms with E-state index in [-0.39, 0.29) is 24.8 Å². The van der Waals surface area contributed by atoms with Crippen molar-refractivity contribution in [3.63, 3.8) is 0 Å². The van der Waals surface area contributed by atoms with Crippen LogP contribution in [-0.2, 0) is 14.4 Å². The molecule has 1 heterocycles. The third-order valence-corrected chi connectivity index (χ3v) is 4.18. The fourth-order valence-electron chi connectivity index (χ4n) is 2.93. The molecule has 0 spiro atoms. The highest BCUT2D eigenvalue weighted by Crippen LogP contribution is 2.25. The number of hydrogen-bond acceptors (Lipinski definition) is 3. The zero-order valence-electron chi connectivity index (χ0n) is 12.1. The summed E-state index contributed by atoms with van der Waals surface area (Å²) >= 11 is 0. The van der Waals surface area contributed by atoms with Gasteiger partial charge in [-0.3, -0.25) is 14.4 Å². The molecule has 0 aromatic carbocycles. The van der Waals surface area contributed by atoms with Crippen molar-refractivity contribution in [2.24, 2.45) is 11.8 Å². The first kappa shape index (κ1) is 15.5. The Morgan fingerprint density at radius 2 is 1.71 bits per heavy atom. The number of hydrogen-bond donors (Lipinski definition) is 2. The van der Waals surface area contributed by atoms with Crippen LogP contribution in [0, 0.1) is 11.8 Å². The number of carboxylic acid groups (broad SMARTS) is 1. The van der Waals surface area contributed by atoms with Crippen molar-refractivity contribution >= 4 is 17.8 Å². The van der Waals surface area contributed by atoms with E-state index in [0.29, 0.717) is 12.8 Å². The topological polar surface area (TPSA) is 86.7 Å². The molecule has 2 aliphatic rings. The summed E-state index contributed by atoms with van der Waals surface area (Å²) in [5, 5.41) is 11.8. The van der Waals surface area contributed by atoms with E-state index in [4.69, 9.17) is 5.11 Å². The van der Waals surface area contributed by atoms with Crippen LogP contribution in [0.3, 0.4) is 0 Å². The fraction of sp³-hybridized carbons (Fsp3) is 0.667. The van der Waals surface area contributed by atoms with Gasteiger partial charge in [0.15, 0.2) is 0 Å². The molecule has 21 heavy (non-hydrogen) atoms. The van der Waals surface area contributed by atoms with E-state index in [1.807, 2.05) is 11.0 Å². The van der Waals surface area contributed by atoms with Crippen LogP contribution in [-0.4, -0.2) is 47.4 Å². The Bertz CT molecular complexity index is 441. The molecule has 116 valence electrons. The highest BCUT2D eigenvalue weighted by atomic mass is 16.4. The van der Waals surface area contributed by atoms with Crippen molar-refractivity contribution < 1.29 is 19.5 Å². The zero-order valence-corrected chi connectivity index (χ0v) is 12.1. The maximum Gasteiger partial charge on any atom is 0.307 e. The molecule has 0 aromatic rings. The van der Waals surface area contributed by atoms with Crippen molar-refractivity contribution in [2.45, 2.75) is 32.1 Å². The number of nitrogens with one attached hydrogen (secondary N) is 1. The van der Waals surface area contributed by atoms with Crippen molar-refractivity contribution in [2.75, 3.05) is 19.6 Å². The number of amides is 2. The summed E-state index contributed by atoms with van der Waals surface area (Å²) in [6, 6.07) is 0. The summed E-state index contributed by atoms with van der Waals surface area (Å²) in [4.78, 5) is 36.9. The minimum atomic E-state index is -0.937. The van der Waals surface area contributed by atoms with E-state index in [1.165, 1.54) is 0 Å². The minimum Gasteiger partial charge on any atom is -0.481 e. The number of carboxylic acids is 1. The Balaban J connectivity index is 1.77. The Hall–Kier alpha value is -1.85. The lowest BCUT2D eigenvalue weighted by atomic mass is 9.82. The van der Waals surface area contributed by atoms with E-state index in [9.17, 15) is 14.4 Å². The quantitative estimate of drug-likeness (QED) is 0.734. The third kappa shape index (κ3) is 4.06. The number of carbonyl (C=O) groups is 3. The Morgan fingerprint density at radius 3 is 2.33 bits per heavy atom. The Labute approximate surface area is 124 Å². The number of carbonyl (C=O) groups excluding carboxylic acids is 2. The maximum absolute atomic E-state index is 12.1. The van der Waals surface area contributed by atoms with E-state index >= 15 is 0 Å². The SMILES string of the molecule is O=C(O)C1CC=CCC1C(=O)NCCC(=O)N1CCCC1. The van der Waals surface area contributed by atoms with Gasteiger partial charge in [-0.05, 0) is 25.7 Å².